The molecule has 0 aliphatic heterocycles. The average Bonchev–Trinajstić information content (AvgIpc) is 2.86. The van der Waals surface area contributed by atoms with E-state index in [-0.39, 0.29) is 29.3 Å². The van der Waals surface area contributed by atoms with Crippen molar-refractivity contribution in [1.29, 1.82) is 0 Å². The number of carboxylic acid groups (broad SMARTS) is 1. The molecule has 1 amide bonds. The molecule has 0 saturated carbocycles. The van der Waals surface area contributed by atoms with Gasteiger partial charge < -0.3 is 15.2 Å². The van der Waals surface area contributed by atoms with Gasteiger partial charge in [0.1, 0.15) is 23.6 Å². The molecule has 1 aromatic heterocycles. The van der Waals surface area contributed by atoms with Crippen LogP contribution in [0.3, 0.4) is 0 Å². The van der Waals surface area contributed by atoms with Crippen LogP contribution in [-0.2, 0) is 11.4 Å². The third-order valence-electron chi connectivity index (χ3n) is 6.10. The second-order valence-corrected chi connectivity index (χ2v) is 8.92. The molecule has 3 aromatic carbocycles. The molecule has 0 spiro atoms. The molecule has 4 aromatic rings. The van der Waals surface area contributed by atoms with E-state index in [2.05, 4.69) is 10.3 Å². The molecule has 1 unspecified atom stereocenters. The van der Waals surface area contributed by atoms with Crippen molar-refractivity contribution < 1.29 is 28.6 Å². The standard InChI is InChI=1S/C27H22ClFN2O5/c1-3-27(2,26(34)35)31-25(33)18-10-9-16-6-4-5-7-17(16)23(18)36-14-15-8-11-21-19(12-15)20(28)13-22(30-21)24(29)32/h4-13H,3,14H2,1-2H3,(H,31,33)(H,34,35). The number of nitrogens with one attached hydrogen (secondary N) is 1. The van der Waals surface area contributed by atoms with Crippen molar-refractivity contribution in [2.75, 3.05) is 0 Å². The minimum absolute atomic E-state index is 0.0499. The predicted molar refractivity (Wildman–Crippen MR) is 134 cm³/mol. The van der Waals surface area contributed by atoms with E-state index >= 15 is 0 Å². The fourth-order valence-corrected chi connectivity index (χ4v) is 4.02. The van der Waals surface area contributed by atoms with Gasteiger partial charge in [0.2, 0.25) is 0 Å². The van der Waals surface area contributed by atoms with Crippen molar-refractivity contribution >= 4 is 51.2 Å². The Hall–Kier alpha value is -4.04. The van der Waals surface area contributed by atoms with Gasteiger partial charge in [0.25, 0.3) is 5.91 Å². The average molecular weight is 509 g/mol. The topological polar surface area (TPSA) is 106 Å². The van der Waals surface area contributed by atoms with Crippen LogP contribution < -0.4 is 10.1 Å². The molecule has 7 nitrogen and oxygen atoms in total. The number of amides is 1. The lowest BCUT2D eigenvalue weighted by Crippen LogP contribution is -2.51. The van der Waals surface area contributed by atoms with Crippen LogP contribution in [-0.4, -0.2) is 33.5 Å². The quantitative estimate of drug-likeness (QED) is 0.295. The summed E-state index contributed by atoms with van der Waals surface area (Å²) in [5, 5.41) is 14.4. The van der Waals surface area contributed by atoms with E-state index < -0.39 is 23.5 Å². The number of rotatable bonds is 8. The number of pyridine rings is 1. The number of carboxylic acids is 1. The zero-order valence-electron chi connectivity index (χ0n) is 19.5. The number of halogens is 2. The zero-order chi connectivity index (χ0) is 26.0. The second-order valence-electron chi connectivity index (χ2n) is 8.51. The zero-order valence-corrected chi connectivity index (χ0v) is 20.2. The summed E-state index contributed by atoms with van der Waals surface area (Å²) in [6, 6.07) is 15.2. The van der Waals surface area contributed by atoms with E-state index in [9.17, 15) is 23.9 Å². The second kappa shape index (κ2) is 9.91. The first-order chi connectivity index (χ1) is 17.1. The molecule has 36 heavy (non-hydrogen) atoms. The van der Waals surface area contributed by atoms with Crippen molar-refractivity contribution in [3.05, 3.63) is 82.5 Å². The van der Waals surface area contributed by atoms with Crippen molar-refractivity contribution in [1.82, 2.24) is 10.3 Å². The Morgan fingerprint density at radius 2 is 1.83 bits per heavy atom. The molecule has 0 saturated heterocycles. The maximum absolute atomic E-state index is 13.2. The number of fused-ring (bicyclic) bond motifs is 2. The molecule has 0 aliphatic rings. The van der Waals surface area contributed by atoms with Gasteiger partial charge in [-0.3, -0.25) is 9.59 Å². The number of aliphatic carboxylic acids is 1. The number of carbonyl (C=O) groups excluding carboxylic acids is 2. The highest BCUT2D eigenvalue weighted by molar-refractivity contribution is 6.35. The lowest BCUT2D eigenvalue weighted by atomic mass is 9.97. The molecule has 0 bridgehead atoms. The fourth-order valence-electron chi connectivity index (χ4n) is 3.77. The van der Waals surface area contributed by atoms with Crippen LogP contribution in [0.5, 0.6) is 5.75 Å². The minimum atomic E-state index is -1.67. The first-order valence-corrected chi connectivity index (χ1v) is 11.5. The molecule has 0 radical (unpaired) electrons. The van der Waals surface area contributed by atoms with Gasteiger partial charge >= 0.3 is 12.0 Å². The summed E-state index contributed by atoms with van der Waals surface area (Å²) in [5.74, 6) is -1.41. The van der Waals surface area contributed by atoms with Crippen molar-refractivity contribution in [2.24, 2.45) is 0 Å². The van der Waals surface area contributed by atoms with Crippen LogP contribution in [0, 0.1) is 0 Å². The molecular weight excluding hydrogens is 487 g/mol. The Bertz CT molecular complexity index is 1520. The highest BCUT2D eigenvalue weighted by atomic mass is 35.5. The van der Waals surface area contributed by atoms with Gasteiger partial charge in [0.15, 0.2) is 0 Å². The summed E-state index contributed by atoms with van der Waals surface area (Å²) < 4.78 is 19.2. The van der Waals surface area contributed by atoms with Crippen LogP contribution in [0.1, 0.15) is 46.7 Å². The van der Waals surface area contributed by atoms with Crippen LogP contribution in [0.25, 0.3) is 21.7 Å². The van der Waals surface area contributed by atoms with Gasteiger partial charge in [-0.15, -0.1) is 0 Å². The molecule has 1 heterocycles. The summed E-state index contributed by atoms with van der Waals surface area (Å²) in [4.78, 5) is 39.9. The lowest BCUT2D eigenvalue weighted by molar-refractivity contribution is -0.143. The summed E-state index contributed by atoms with van der Waals surface area (Å²) >= 11 is 6.24. The Kier molecular flexibility index (Phi) is 6.90. The smallest absolute Gasteiger partial charge is 0.350 e. The van der Waals surface area contributed by atoms with E-state index in [4.69, 9.17) is 16.3 Å². The molecule has 2 N–H and O–H groups in total. The Labute approximate surface area is 210 Å². The van der Waals surface area contributed by atoms with E-state index in [1.807, 2.05) is 24.3 Å². The summed E-state index contributed by atoms with van der Waals surface area (Å²) in [5.41, 5.74) is -0.578. The number of aromatic nitrogens is 1. The van der Waals surface area contributed by atoms with E-state index in [1.165, 1.54) is 6.92 Å². The number of benzene rings is 3. The number of ether oxygens (including phenoxy) is 1. The SMILES string of the molecule is CCC(C)(NC(=O)c1ccc2ccccc2c1OCc1ccc2nc(C(=O)F)cc(Cl)c2c1)C(=O)O. The number of carbonyl (C=O) groups is 3. The highest BCUT2D eigenvalue weighted by Gasteiger charge is 2.34. The molecular formula is C27H22ClFN2O5. The number of nitrogens with zero attached hydrogens (tertiary/aromatic N) is 1. The molecule has 4 rings (SSSR count). The summed E-state index contributed by atoms with van der Waals surface area (Å²) in [6.45, 7) is 3.18. The van der Waals surface area contributed by atoms with Crippen molar-refractivity contribution in [3.63, 3.8) is 0 Å². The van der Waals surface area contributed by atoms with E-state index in [1.54, 1.807) is 37.3 Å². The first kappa shape index (κ1) is 25.1. The highest BCUT2D eigenvalue weighted by Crippen LogP contribution is 2.32. The summed E-state index contributed by atoms with van der Waals surface area (Å²) in [6.07, 6.45) is 0.194. The maximum Gasteiger partial charge on any atom is 0.350 e. The molecule has 184 valence electrons. The first-order valence-electron chi connectivity index (χ1n) is 11.1. The van der Waals surface area contributed by atoms with Gasteiger partial charge in [-0.05, 0) is 48.6 Å². The monoisotopic (exact) mass is 508 g/mol. The maximum atomic E-state index is 13.2. The molecule has 0 fully saturated rings. The number of hydrogen-bond donors (Lipinski definition) is 2. The van der Waals surface area contributed by atoms with E-state index in [0.29, 0.717) is 27.6 Å². The minimum Gasteiger partial charge on any atom is -0.487 e. The van der Waals surface area contributed by atoms with E-state index in [0.717, 1.165) is 11.5 Å². The van der Waals surface area contributed by atoms with Crippen molar-refractivity contribution in [2.45, 2.75) is 32.4 Å². The third kappa shape index (κ3) is 4.85. The van der Waals surface area contributed by atoms with Gasteiger partial charge in [-0.1, -0.05) is 54.9 Å². The van der Waals surface area contributed by atoms with Gasteiger partial charge in [0.05, 0.1) is 16.1 Å². The van der Waals surface area contributed by atoms with Gasteiger partial charge in [0, 0.05) is 10.8 Å². The largest absolute Gasteiger partial charge is 0.487 e. The van der Waals surface area contributed by atoms with Gasteiger partial charge in [-0.25, -0.2) is 9.78 Å². The predicted octanol–water partition coefficient (Wildman–Crippen LogP) is 5.71. The Balaban J connectivity index is 1.70. The lowest BCUT2D eigenvalue weighted by Gasteiger charge is -2.25. The summed E-state index contributed by atoms with van der Waals surface area (Å²) in [7, 11) is 0. The third-order valence-corrected chi connectivity index (χ3v) is 6.41. The normalized spacial score (nSPS) is 12.8. The van der Waals surface area contributed by atoms with Crippen LogP contribution in [0.2, 0.25) is 5.02 Å². The molecule has 1 atom stereocenters. The van der Waals surface area contributed by atoms with Crippen LogP contribution in [0.15, 0.2) is 60.7 Å². The fraction of sp³-hybridized carbons (Fsp3) is 0.185. The Morgan fingerprint density at radius 3 is 2.53 bits per heavy atom. The Morgan fingerprint density at radius 1 is 1.08 bits per heavy atom. The van der Waals surface area contributed by atoms with Crippen LogP contribution in [0.4, 0.5) is 4.39 Å². The molecule has 9 heteroatoms. The van der Waals surface area contributed by atoms with Gasteiger partial charge in [-0.2, -0.15) is 4.39 Å². The van der Waals surface area contributed by atoms with Crippen molar-refractivity contribution in [3.8, 4) is 5.75 Å². The van der Waals surface area contributed by atoms with Crippen LogP contribution >= 0.6 is 11.6 Å². The number of hydrogen-bond acceptors (Lipinski definition) is 5. The molecule has 0 aliphatic carbocycles.